The zero-order chi connectivity index (χ0) is 23.6. The van der Waals surface area contributed by atoms with Crippen molar-refractivity contribution in [2.45, 2.75) is 77.7 Å². The predicted molar refractivity (Wildman–Crippen MR) is 109 cm³/mol. The second kappa shape index (κ2) is 13.1. The molecule has 0 aromatic heterocycles. The number of aliphatic hydroxyl groups excluding tert-OH is 2. The molecule has 0 rings (SSSR count). The smallest absolute Gasteiger partial charge is 0.328 e. The van der Waals surface area contributed by atoms with Crippen LogP contribution in [0.5, 0.6) is 0 Å². The van der Waals surface area contributed by atoms with Gasteiger partial charge in [-0.1, -0.05) is 34.1 Å². The first-order chi connectivity index (χ1) is 13.8. The van der Waals surface area contributed by atoms with Gasteiger partial charge < -0.3 is 37.0 Å². The lowest BCUT2D eigenvalue weighted by atomic mass is 9.96. The van der Waals surface area contributed by atoms with Gasteiger partial charge in [-0.15, -0.1) is 0 Å². The van der Waals surface area contributed by atoms with E-state index in [9.17, 15) is 24.3 Å². The van der Waals surface area contributed by atoms with Crippen LogP contribution in [0.3, 0.4) is 0 Å². The maximum atomic E-state index is 12.9. The zero-order valence-electron chi connectivity index (χ0n) is 18.2. The van der Waals surface area contributed by atoms with Crippen LogP contribution < -0.4 is 21.7 Å². The number of aliphatic carboxylic acids is 1. The molecule has 0 radical (unpaired) electrons. The summed E-state index contributed by atoms with van der Waals surface area (Å²) in [6, 6.07) is -4.80. The van der Waals surface area contributed by atoms with Crippen LogP contribution in [-0.2, 0) is 19.2 Å². The highest BCUT2D eigenvalue weighted by molar-refractivity contribution is 5.94. The number of hydrogen-bond donors (Lipinski definition) is 7. The first-order valence-electron chi connectivity index (χ1n) is 10.0. The molecule has 0 aliphatic rings. The van der Waals surface area contributed by atoms with Crippen LogP contribution in [-0.4, -0.2) is 75.9 Å². The molecule has 174 valence electrons. The van der Waals surface area contributed by atoms with Crippen molar-refractivity contribution < 1.29 is 34.5 Å². The molecule has 8 N–H and O–H groups in total. The van der Waals surface area contributed by atoms with Crippen LogP contribution in [0.15, 0.2) is 0 Å². The minimum atomic E-state index is -1.50. The molecule has 0 saturated heterocycles. The average Bonchev–Trinajstić information content (AvgIpc) is 2.66. The fourth-order valence-corrected chi connectivity index (χ4v) is 2.59. The summed E-state index contributed by atoms with van der Waals surface area (Å²) in [7, 11) is 0. The summed E-state index contributed by atoms with van der Waals surface area (Å²) in [5.74, 6) is -3.82. The molecule has 0 aromatic rings. The van der Waals surface area contributed by atoms with Gasteiger partial charge in [-0.05, 0) is 25.2 Å². The van der Waals surface area contributed by atoms with Gasteiger partial charge in [0.15, 0.2) is 0 Å². The highest BCUT2D eigenvalue weighted by Gasteiger charge is 2.33. The minimum absolute atomic E-state index is 0.0150. The number of hydrogen-bond acceptors (Lipinski definition) is 7. The van der Waals surface area contributed by atoms with Crippen molar-refractivity contribution in [1.82, 2.24) is 16.0 Å². The van der Waals surface area contributed by atoms with Gasteiger partial charge in [-0.2, -0.15) is 0 Å². The van der Waals surface area contributed by atoms with E-state index in [0.29, 0.717) is 6.42 Å². The van der Waals surface area contributed by atoms with Gasteiger partial charge >= 0.3 is 5.97 Å². The van der Waals surface area contributed by atoms with Crippen molar-refractivity contribution in [3.8, 4) is 0 Å². The van der Waals surface area contributed by atoms with E-state index in [2.05, 4.69) is 16.0 Å². The van der Waals surface area contributed by atoms with Crippen molar-refractivity contribution in [3.05, 3.63) is 0 Å². The van der Waals surface area contributed by atoms with Crippen LogP contribution in [0.1, 0.15) is 47.5 Å². The molecule has 0 spiro atoms. The zero-order valence-corrected chi connectivity index (χ0v) is 18.2. The van der Waals surface area contributed by atoms with E-state index >= 15 is 0 Å². The number of carbonyl (C=O) groups excluding carboxylic acids is 3. The fraction of sp³-hybridized carbons (Fsp3) is 0.789. The summed E-state index contributed by atoms with van der Waals surface area (Å²) in [6.07, 6.45) is -0.366. The number of nitrogens with one attached hydrogen (secondary N) is 3. The fourth-order valence-electron chi connectivity index (χ4n) is 2.59. The lowest BCUT2D eigenvalue weighted by Gasteiger charge is -2.28. The monoisotopic (exact) mass is 432 g/mol. The normalized spacial score (nSPS) is 17.2. The molecule has 30 heavy (non-hydrogen) atoms. The quantitative estimate of drug-likeness (QED) is 0.179. The van der Waals surface area contributed by atoms with Gasteiger partial charge in [0.25, 0.3) is 0 Å². The second-order valence-electron chi connectivity index (χ2n) is 7.91. The number of aliphatic hydroxyl groups is 2. The van der Waals surface area contributed by atoms with Crippen molar-refractivity contribution in [1.29, 1.82) is 0 Å². The highest BCUT2D eigenvalue weighted by Crippen LogP contribution is 2.11. The van der Waals surface area contributed by atoms with Gasteiger partial charge in [0.05, 0.1) is 12.7 Å². The SMILES string of the molecule is CCC(C)C(NC(=O)C(N)C(C)O)C(=O)NC(CC(C)C)C(=O)NC(CO)C(=O)O. The summed E-state index contributed by atoms with van der Waals surface area (Å²) >= 11 is 0. The molecule has 0 heterocycles. The van der Waals surface area contributed by atoms with Crippen LogP contribution in [0.25, 0.3) is 0 Å². The molecule has 0 fully saturated rings. The largest absolute Gasteiger partial charge is 0.480 e. The predicted octanol–water partition coefficient (Wildman–Crippen LogP) is -1.68. The molecule has 6 unspecified atom stereocenters. The van der Waals surface area contributed by atoms with E-state index in [-0.39, 0.29) is 18.3 Å². The van der Waals surface area contributed by atoms with E-state index in [1.807, 2.05) is 20.8 Å². The third-order valence-corrected chi connectivity index (χ3v) is 4.75. The third-order valence-electron chi connectivity index (χ3n) is 4.75. The maximum absolute atomic E-state index is 12.9. The van der Waals surface area contributed by atoms with Crippen molar-refractivity contribution in [3.63, 3.8) is 0 Å². The number of nitrogens with two attached hydrogens (primary N) is 1. The van der Waals surface area contributed by atoms with E-state index in [4.69, 9.17) is 15.9 Å². The molecule has 0 aromatic carbocycles. The standard InChI is InChI=1S/C19H36N4O7/c1-6-10(4)15(23-17(27)14(20)11(5)25)18(28)21-12(7-9(2)3)16(26)22-13(8-24)19(29)30/h9-15,24-25H,6-8,20H2,1-5H3,(H,21,28)(H,22,26)(H,23,27)(H,29,30). The van der Waals surface area contributed by atoms with Crippen molar-refractivity contribution >= 4 is 23.7 Å². The maximum Gasteiger partial charge on any atom is 0.328 e. The lowest BCUT2D eigenvalue weighted by molar-refractivity contribution is -0.143. The Morgan fingerprint density at radius 3 is 1.83 bits per heavy atom. The van der Waals surface area contributed by atoms with Gasteiger partial charge in [0.2, 0.25) is 17.7 Å². The molecule has 6 atom stereocenters. The van der Waals surface area contributed by atoms with Gasteiger partial charge in [-0.25, -0.2) is 4.79 Å². The molecular weight excluding hydrogens is 396 g/mol. The Bertz CT molecular complexity index is 597. The average molecular weight is 433 g/mol. The molecule has 0 aliphatic carbocycles. The molecule has 0 bridgehead atoms. The van der Waals surface area contributed by atoms with E-state index < -0.39 is 60.6 Å². The Kier molecular flexibility index (Phi) is 12.2. The number of carboxylic acids is 1. The van der Waals surface area contributed by atoms with E-state index in [1.54, 1.807) is 6.92 Å². The third kappa shape index (κ3) is 9.06. The van der Waals surface area contributed by atoms with Crippen LogP contribution in [0.2, 0.25) is 0 Å². The number of amides is 3. The molecule has 0 aliphatic heterocycles. The molecule has 11 heteroatoms. The van der Waals surface area contributed by atoms with Gasteiger partial charge in [-0.3, -0.25) is 14.4 Å². The lowest BCUT2D eigenvalue weighted by Crippen LogP contribution is -2.60. The summed E-state index contributed by atoms with van der Waals surface area (Å²) < 4.78 is 0. The first kappa shape index (κ1) is 27.8. The van der Waals surface area contributed by atoms with Crippen LogP contribution >= 0.6 is 0 Å². The number of rotatable bonds is 13. The highest BCUT2D eigenvalue weighted by atomic mass is 16.4. The van der Waals surface area contributed by atoms with Gasteiger partial charge in [0.1, 0.15) is 24.2 Å². The molecule has 3 amide bonds. The second-order valence-corrected chi connectivity index (χ2v) is 7.91. The van der Waals surface area contributed by atoms with Crippen molar-refractivity contribution in [2.24, 2.45) is 17.6 Å². The Morgan fingerprint density at radius 2 is 1.43 bits per heavy atom. The summed E-state index contributed by atoms with van der Waals surface area (Å²) in [5, 5.41) is 34.9. The van der Waals surface area contributed by atoms with Crippen molar-refractivity contribution in [2.75, 3.05) is 6.61 Å². The number of carbonyl (C=O) groups is 4. The van der Waals surface area contributed by atoms with E-state index in [0.717, 1.165) is 0 Å². The summed E-state index contributed by atoms with van der Waals surface area (Å²) in [5.41, 5.74) is 5.63. The topological polar surface area (TPSA) is 191 Å². The Hall–Kier alpha value is -2.24. The Balaban J connectivity index is 5.49. The number of carboxylic acid groups (broad SMARTS) is 1. The summed E-state index contributed by atoms with van der Waals surface area (Å²) in [6.45, 7) is 7.76. The summed E-state index contributed by atoms with van der Waals surface area (Å²) in [4.78, 5) is 48.7. The van der Waals surface area contributed by atoms with Crippen LogP contribution in [0.4, 0.5) is 0 Å². The Labute approximate surface area is 176 Å². The minimum Gasteiger partial charge on any atom is -0.480 e. The first-order valence-corrected chi connectivity index (χ1v) is 10.0. The Morgan fingerprint density at radius 1 is 0.900 bits per heavy atom. The molecule has 11 nitrogen and oxygen atoms in total. The molecule has 0 saturated carbocycles. The van der Waals surface area contributed by atoms with Crippen LogP contribution in [0, 0.1) is 11.8 Å². The van der Waals surface area contributed by atoms with E-state index in [1.165, 1.54) is 6.92 Å². The molecular formula is C19H36N4O7. The van der Waals surface area contributed by atoms with Gasteiger partial charge in [0, 0.05) is 0 Å².